The van der Waals surface area contributed by atoms with Gasteiger partial charge in [-0.1, -0.05) is 11.6 Å². The molecule has 4 aliphatic carbocycles. The molecule has 0 spiro atoms. The quantitative estimate of drug-likeness (QED) is 0.831. The van der Waals surface area contributed by atoms with Crippen LogP contribution in [0.4, 0.5) is 0 Å². The van der Waals surface area contributed by atoms with Crippen molar-refractivity contribution in [3.63, 3.8) is 0 Å². The average Bonchev–Trinajstić information content (AvgIpc) is 3.14. The Balaban J connectivity index is 1.46. The molecule has 4 aliphatic rings. The first-order chi connectivity index (χ1) is 11.5. The van der Waals surface area contributed by atoms with Gasteiger partial charge in [0.05, 0.1) is 16.9 Å². The summed E-state index contributed by atoms with van der Waals surface area (Å²) in [7, 11) is 0. The van der Waals surface area contributed by atoms with Gasteiger partial charge in [0.2, 0.25) is 11.8 Å². The maximum atomic E-state index is 6.22. The Morgan fingerprint density at radius 1 is 1.17 bits per heavy atom. The molecule has 1 atom stereocenters. The highest BCUT2D eigenvalue weighted by atomic mass is 35.5. The zero-order valence-electron chi connectivity index (χ0n) is 14.2. The van der Waals surface area contributed by atoms with Crippen molar-refractivity contribution in [3.05, 3.63) is 28.7 Å². The minimum Gasteiger partial charge on any atom is -0.422 e. The van der Waals surface area contributed by atoms with Gasteiger partial charge in [-0.3, -0.25) is 4.68 Å². The lowest BCUT2D eigenvalue weighted by molar-refractivity contribution is -0.0184. The highest BCUT2D eigenvalue weighted by Crippen LogP contribution is 2.60. The molecule has 4 bridgehead atoms. The van der Waals surface area contributed by atoms with Crippen molar-refractivity contribution in [2.45, 2.75) is 63.8 Å². The fourth-order valence-corrected chi connectivity index (χ4v) is 6.02. The first-order valence-electron chi connectivity index (χ1n) is 9.07. The Kier molecular flexibility index (Phi) is 3.16. The Bertz CT molecular complexity index is 745. The Hall–Kier alpha value is -1.36. The van der Waals surface area contributed by atoms with Gasteiger partial charge in [-0.05, 0) is 70.1 Å². The predicted octanol–water partition coefficient (Wildman–Crippen LogP) is 4.31. The van der Waals surface area contributed by atoms with E-state index in [1.165, 1.54) is 38.5 Å². The van der Waals surface area contributed by atoms with Crippen LogP contribution in [0.2, 0.25) is 5.02 Å². The smallest absolute Gasteiger partial charge is 0.240 e. The maximum Gasteiger partial charge on any atom is 0.240 e. The van der Waals surface area contributed by atoms with E-state index in [1.54, 1.807) is 6.20 Å². The van der Waals surface area contributed by atoms with Crippen LogP contribution in [0.15, 0.2) is 10.6 Å². The highest BCUT2D eigenvalue weighted by molar-refractivity contribution is 6.31. The molecule has 2 aromatic rings. The number of halogens is 1. The molecule has 128 valence electrons. The summed E-state index contributed by atoms with van der Waals surface area (Å²) in [4.78, 5) is 0. The summed E-state index contributed by atoms with van der Waals surface area (Å²) < 4.78 is 8.08. The summed E-state index contributed by atoms with van der Waals surface area (Å²) in [5.74, 6) is 4.13. The summed E-state index contributed by atoms with van der Waals surface area (Å²) in [5.41, 5.74) is 1.08. The first kappa shape index (κ1) is 14.9. The average molecular weight is 347 g/mol. The van der Waals surface area contributed by atoms with E-state index in [-0.39, 0.29) is 11.5 Å². The molecule has 1 unspecified atom stereocenters. The summed E-state index contributed by atoms with van der Waals surface area (Å²) in [6, 6.07) is -0.0901. The van der Waals surface area contributed by atoms with Crippen molar-refractivity contribution < 1.29 is 4.42 Å². The zero-order valence-corrected chi connectivity index (χ0v) is 15.0. The van der Waals surface area contributed by atoms with E-state index in [0.29, 0.717) is 10.9 Å². The number of rotatable bonds is 3. The molecule has 4 saturated carbocycles. The second-order valence-electron chi connectivity index (χ2n) is 8.34. The SMILES string of the molecule is Cc1c(Cl)cnn1C(C)c1nnc(C23CC4CC(CC(C4)C2)C3)o1. The normalized spacial score (nSPS) is 35.5. The van der Waals surface area contributed by atoms with Crippen LogP contribution in [0, 0.1) is 24.7 Å². The fourth-order valence-electron chi connectivity index (χ4n) is 5.89. The molecular weight excluding hydrogens is 324 g/mol. The van der Waals surface area contributed by atoms with Gasteiger partial charge in [0.25, 0.3) is 0 Å². The molecule has 0 saturated heterocycles. The summed E-state index contributed by atoms with van der Waals surface area (Å²) >= 11 is 6.13. The second-order valence-corrected chi connectivity index (χ2v) is 8.75. The Morgan fingerprint density at radius 3 is 2.33 bits per heavy atom. The van der Waals surface area contributed by atoms with Gasteiger partial charge >= 0.3 is 0 Å². The number of hydrogen-bond donors (Lipinski definition) is 0. The van der Waals surface area contributed by atoms with Crippen LogP contribution in [0.5, 0.6) is 0 Å². The standard InChI is InChI=1S/C18H23ClN4O/c1-10-15(19)9-20-23(10)11(2)16-21-22-17(24-16)18-6-12-3-13(7-18)5-14(4-12)8-18/h9,11-14H,3-8H2,1-2H3. The molecular formula is C18H23ClN4O. The number of aromatic nitrogens is 4. The lowest BCUT2D eigenvalue weighted by atomic mass is 9.49. The van der Waals surface area contributed by atoms with Crippen LogP contribution in [0.1, 0.15) is 69.0 Å². The van der Waals surface area contributed by atoms with E-state index in [2.05, 4.69) is 15.3 Å². The van der Waals surface area contributed by atoms with E-state index in [1.807, 2.05) is 18.5 Å². The Morgan fingerprint density at radius 2 is 1.79 bits per heavy atom. The van der Waals surface area contributed by atoms with Gasteiger partial charge in [0.15, 0.2) is 0 Å². The lowest BCUT2D eigenvalue weighted by Gasteiger charge is -2.55. The first-order valence-corrected chi connectivity index (χ1v) is 9.45. The molecule has 6 heteroatoms. The van der Waals surface area contributed by atoms with Crippen molar-refractivity contribution in [2.75, 3.05) is 0 Å². The molecule has 4 fully saturated rings. The molecule has 0 amide bonds. The topological polar surface area (TPSA) is 56.7 Å². The van der Waals surface area contributed by atoms with Crippen LogP contribution in [0.25, 0.3) is 0 Å². The predicted molar refractivity (Wildman–Crippen MR) is 89.9 cm³/mol. The van der Waals surface area contributed by atoms with Crippen molar-refractivity contribution in [1.82, 2.24) is 20.0 Å². The largest absolute Gasteiger partial charge is 0.422 e. The van der Waals surface area contributed by atoms with Gasteiger partial charge in [-0.2, -0.15) is 5.10 Å². The van der Waals surface area contributed by atoms with Crippen molar-refractivity contribution in [3.8, 4) is 0 Å². The number of hydrogen-bond acceptors (Lipinski definition) is 4. The van der Waals surface area contributed by atoms with Gasteiger partial charge in [-0.25, -0.2) is 0 Å². The van der Waals surface area contributed by atoms with E-state index < -0.39 is 0 Å². The van der Waals surface area contributed by atoms with Gasteiger partial charge in [-0.15, -0.1) is 10.2 Å². The minimum absolute atomic E-state index is 0.0901. The third-order valence-corrected chi connectivity index (χ3v) is 7.01. The summed E-state index contributed by atoms with van der Waals surface area (Å²) in [5, 5.41) is 13.9. The molecule has 0 aliphatic heterocycles. The van der Waals surface area contributed by atoms with Crippen LogP contribution in [-0.4, -0.2) is 20.0 Å². The van der Waals surface area contributed by atoms with Crippen molar-refractivity contribution >= 4 is 11.6 Å². The van der Waals surface area contributed by atoms with Crippen LogP contribution < -0.4 is 0 Å². The molecule has 24 heavy (non-hydrogen) atoms. The minimum atomic E-state index is -0.0901. The fraction of sp³-hybridized carbons (Fsp3) is 0.722. The van der Waals surface area contributed by atoms with Crippen LogP contribution >= 0.6 is 11.6 Å². The molecule has 0 radical (unpaired) electrons. The molecule has 0 aromatic carbocycles. The second kappa shape index (κ2) is 5.07. The number of nitrogens with zero attached hydrogens (tertiary/aromatic N) is 4. The third-order valence-electron chi connectivity index (χ3n) is 6.64. The van der Waals surface area contributed by atoms with Crippen LogP contribution in [-0.2, 0) is 5.41 Å². The maximum absolute atomic E-state index is 6.22. The van der Waals surface area contributed by atoms with E-state index >= 15 is 0 Å². The molecule has 0 N–H and O–H groups in total. The van der Waals surface area contributed by atoms with Gasteiger partial charge < -0.3 is 4.42 Å². The summed E-state index contributed by atoms with van der Waals surface area (Å²) in [6.45, 7) is 4.00. The van der Waals surface area contributed by atoms with Crippen molar-refractivity contribution in [2.24, 2.45) is 17.8 Å². The molecule has 5 nitrogen and oxygen atoms in total. The van der Waals surface area contributed by atoms with E-state index in [0.717, 1.165) is 29.3 Å². The third kappa shape index (κ3) is 2.10. The lowest BCUT2D eigenvalue weighted by Crippen LogP contribution is -2.48. The monoisotopic (exact) mass is 346 g/mol. The molecule has 6 rings (SSSR count). The molecule has 2 aromatic heterocycles. The molecule has 2 heterocycles. The highest BCUT2D eigenvalue weighted by Gasteiger charge is 2.54. The van der Waals surface area contributed by atoms with Crippen LogP contribution in [0.3, 0.4) is 0 Å². The van der Waals surface area contributed by atoms with E-state index in [9.17, 15) is 0 Å². The zero-order chi connectivity index (χ0) is 16.5. The van der Waals surface area contributed by atoms with Gasteiger partial charge in [0.1, 0.15) is 6.04 Å². The Labute approximate surface area is 146 Å². The summed E-state index contributed by atoms with van der Waals surface area (Å²) in [6.07, 6.45) is 9.64. The van der Waals surface area contributed by atoms with E-state index in [4.69, 9.17) is 16.0 Å². The van der Waals surface area contributed by atoms with Crippen molar-refractivity contribution in [1.29, 1.82) is 0 Å². The van der Waals surface area contributed by atoms with Gasteiger partial charge in [0, 0.05) is 5.41 Å².